The minimum atomic E-state index is 0.0301. The van der Waals surface area contributed by atoms with Gasteiger partial charge in [-0.3, -0.25) is 4.79 Å². The Balaban J connectivity index is 1.42. The van der Waals surface area contributed by atoms with Crippen LogP contribution in [0.4, 0.5) is 0 Å². The number of amides is 1. The molecule has 22 heavy (non-hydrogen) atoms. The van der Waals surface area contributed by atoms with E-state index in [0.717, 1.165) is 24.4 Å². The predicted molar refractivity (Wildman–Crippen MR) is 87.1 cm³/mol. The quantitative estimate of drug-likeness (QED) is 0.785. The summed E-state index contributed by atoms with van der Waals surface area (Å²) >= 11 is 3.13. The first-order valence-electron chi connectivity index (χ1n) is 7.52. The van der Waals surface area contributed by atoms with Crippen LogP contribution in [0, 0.1) is 0 Å². The number of carbonyl (C=O) groups is 1. The van der Waals surface area contributed by atoms with E-state index >= 15 is 0 Å². The molecule has 2 aromatic rings. The zero-order chi connectivity index (χ0) is 15.2. The van der Waals surface area contributed by atoms with Crippen LogP contribution in [0.1, 0.15) is 36.6 Å². The molecule has 0 spiro atoms. The summed E-state index contributed by atoms with van der Waals surface area (Å²) in [5, 5.41) is 17.6. The van der Waals surface area contributed by atoms with E-state index in [9.17, 15) is 4.79 Å². The van der Waals surface area contributed by atoms with Gasteiger partial charge < -0.3 is 5.32 Å². The van der Waals surface area contributed by atoms with Crippen molar-refractivity contribution in [2.24, 2.45) is 0 Å². The molecule has 0 saturated heterocycles. The molecule has 0 unspecified atom stereocenters. The highest BCUT2D eigenvalue weighted by atomic mass is 32.2. The Morgan fingerprint density at radius 2 is 2.32 bits per heavy atom. The number of nitrogens with one attached hydrogen (secondary N) is 1. The van der Waals surface area contributed by atoms with Crippen molar-refractivity contribution < 1.29 is 4.79 Å². The van der Waals surface area contributed by atoms with Crippen LogP contribution in [0.2, 0.25) is 0 Å². The van der Waals surface area contributed by atoms with Crippen LogP contribution in [0.15, 0.2) is 22.7 Å². The number of thioether (sulfide) groups is 1. The molecule has 0 atom stereocenters. The molecule has 1 saturated carbocycles. The van der Waals surface area contributed by atoms with Crippen molar-refractivity contribution in [2.45, 2.75) is 43.3 Å². The van der Waals surface area contributed by atoms with Gasteiger partial charge in [-0.05, 0) is 41.1 Å². The molecule has 0 aliphatic heterocycles. The topological polar surface area (TPSA) is 72.7 Å². The Morgan fingerprint density at radius 3 is 3.09 bits per heavy atom. The van der Waals surface area contributed by atoms with Crippen molar-refractivity contribution >= 4 is 29.0 Å². The molecular formula is C14H19N5OS2. The maximum absolute atomic E-state index is 11.9. The van der Waals surface area contributed by atoms with Crippen molar-refractivity contribution in [2.75, 3.05) is 12.3 Å². The Morgan fingerprint density at radius 1 is 1.45 bits per heavy atom. The first-order chi connectivity index (χ1) is 10.8. The van der Waals surface area contributed by atoms with Crippen molar-refractivity contribution in [3.63, 3.8) is 0 Å². The number of carbonyl (C=O) groups excluding carboxylic acids is 1. The maximum atomic E-state index is 11.9. The monoisotopic (exact) mass is 337 g/mol. The van der Waals surface area contributed by atoms with E-state index in [1.807, 2.05) is 10.7 Å². The van der Waals surface area contributed by atoms with E-state index in [-0.39, 0.29) is 5.91 Å². The minimum Gasteiger partial charge on any atom is -0.355 e. The highest BCUT2D eigenvalue weighted by Gasteiger charge is 2.21. The maximum Gasteiger partial charge on any atom is 0.230 e. The number of hydrogen-bond donors (Lipinski definition) is 1. The van der Waals surface area contributed by atoms with Gasteiger partial charge in [0.2, 0.25) is 11.1 Å². The van der Waals surface area contributed by atoms with Crippen LogP contribution in [0.5, 0.6) is 0 Å². The van der Waals surface area contributed by atoms with E-state index in [1.165, 1.54) is 29.5 Å². The average molecular weight is 337 g/mol. The first kappa shape index (κ1) is 15.5. The van der Waals surface area contributed by atoms with E-state index < -0.39 is 0 Å². The van der Waals surface area contributed by atoms with E-state index in [4.69, 9.17) is 0 Å². The van der Waals surface area contributed by atoms with Crippen LogP contribution < -0.4 is 5.32 Å². The molecule has 1 N–H and O–H groups in total. The molecule has 1 fully saturated rings. The molecule has 0 aromatic carbocycles. The van der Waals surface area contributed by atoms with Gasteiger partial charge in [0.15, 0.2) is 0 Å². The third kappa shape index (κ3) is 4.07. The fourth-order valence-corrected chi connectivity index (χ4v) is 4.10. The van der Waals surface area contributed by atoms with E-state index in [2.05, 4.69) is 32.3 Å². The normalized spacial score (nSPS) is 15.3. The minimum absolute atomic E-state index is 0.0301. The fourth-order valence-electron chi connectivity index (χ4n) is 2.62. The summed E-state index contributed by atoms with van der Waals surface area (Å²) in [6.45, 7) is 0.674. The molecule has 118 valence electrons. The second-order valence-corrected chi connectivity index (χ2v) is 7.29. The number of hydrogen-bond acceptors (Lipinski definition) is 6. The zero-order valence-corrected chi connectivity index (χ0v) is 13.9. The molecule has 1 aliphatic rings. The second kappa shape index (κ2) is 7.73. The summed E-state index contributed by atoms with van der Waals surface area (Å²) in [6.07, 6.45) is 5.61. The summed E-state index contributed by atoms with van der Waals surface area (Å²) in [5.74, 6) is 0.389. The third-order valence-electron chi connectivity index (χ3n) is 3.74. The van der Waals surface area contributed by atoms with Gasteiger partial charge in [-0.15, -0.1) is 16.4 Å². The third-order valence-corrected chi connectivity index (χ3v) is 5.61. The molecule has 2 heterocycles. The summed E-state index contributed by atoms with van der Waals surface area (Å²) in [6, 6.07) is 4.52. The lowest BCUT2D eigenvalue weighted by Gasteiger charge is -2.10. The smallest absolute Gasteiger partial charge is 0.230 e. The van der Waals surface area contributed by atoms with Crippen molar-refractivity contribution in [3.8, 4) is 0 Å². The Bertz CT molecular complexity index is 592. The molecule has 8 heteroatoms. The highest BCUT2D eigenvalue weighted by molar-refractivity contribution is 7.99. The lowest BCUT2D eigenvalue weighted by Crippen LogP contribution is -2.27. The predicted octanol–water partition coefficient (Wildman–Crippen LogP) is 2.30. The van der Waals surface area contributed by atoms with Gasteiger partial charge in [0, 0.05) is 11.4 Å². The van der Waals surface area contributed by atoms with Crippen molar-refractivity contribution in [3.05, 3.63) is 22.4 Å². The number of tetrazole rings is 1. The van der Waals surface area contributed by atoms with Crippen LogP contribution in [0.3, 0.4) is 0 Å². The van der Waals surface area contributed by atoms with Crippen molar-refractivity contribution in [1.29, 1.82) is 0 Å². The average Bonchev–Trinajstić information content (AvgIpc) is 3.26. The first-order valence-corrected chi connectivity index (χ1v) is 9.39. The molecule has 0 radical (unpaired) electrons. The summed E-state index contributed by atoms with van der Waals surface area (Å²) < 4.78 is 1.89. The van der Waals surface area contributed by atoms with Crippen LogP contribution in [-0.2, 0) is 11.2 Å². The number of nitrogens with zero attached hydrogens (tertiary/aromatic N) is 4. The molecule has 3 rings (SSSR count). The summed E-state index contributed by atoms with van der Waals surface area (Å²) in [5.41, 5.74) is 0. The molecule has 2 aromatic heterocycles. The molecule has 1 amide bonds. The number of aromatic nitrogens is 4. The zero-order valence-electron chi connectivity index (χ0n) is 12.3. The number of rotatable bonds is 7. The van der Waals surface area contributed by atoms with Gasteiger partial charge in [-0.1, -0.05) is 30.7 Å². The summed E-state index contributed by atoms with van der Waals surface area (Å²) in [7, 11) is 0. The number of thiophene rings is 1. The molecule has 0 bridgehead atoms. The van der Waals surface area contributed by atoms with Gasteiger partial charge in [0.05, 0.1) is 11.8 Å². The Hall–Kier alpha value is -1.41. The van der Waals surface area contributed by atoms with Gasteiger partial charge in [-0.25, -0.2) is 4.68 Å². The van der Waals surface area contributed by atoms with E-state index in [1.54, 1.807) is 11.3 Å². The molecule has 6 nitrogen and oxygen atoms in total. The SMILES string of the molecule is O=C(CSc1nnnn1C1CCCC1)NCCc1cccs1. The van der Waals surface area contributed by atoms with Gasteiger partial charge >= 0.3 is 0 Å². The van der Waals surface area contributed by atoms with Gasteiger partial charge in [-0.2, -0.15) is 0 Å². The second-order valence-electron chi connectivity index (χ2n) is 5.31. The largest absolute Gasteiger partial charge is 0.355 e. The summed E-state index contributed by atoms with van der Waals surface area (Å²) in [4.78, 5) is 13.2. The van der Waals surface area contributed by atoms with Crippen molar-refractivity contribution in [1.82, 2.24) is 25.5 Å². The van der Waals surface area contributed by atoms with Crippen LogP contribution in [-0.4, -0.2) is 38.4 Å². The Labute approximate surface area is 137 Å². The van der Waals surface area contributed by atoms with E-state index in [0.29, 0.717) is 18.3 Å². The van der Waals surface area contributed by atoms with Crippen LogP contribution >= 0.6 is 23.1 Å². The lowest BCUT2D eigenvalue weighted by atomic mass is 10.3. The van der Waals surface area contributed by atoms with Gasteiger partial charge in [0.1, 0.15) is 0 Å². The highest BCUT2D eigenvalue weighted by Crippen LogP contribution is 2.31. The Kier molecular flexibility index (Phi) is 5.44. The molecular weight excluding hydrogens is 318 g/mol. The van der Waals surface area contributed by atoms with Gasteiger partial charge in [0.25, 0.3) is 0 Å². The fraction of sp³-hybridized carbons (Fsp3) is 0.571. The molecule has 1 aliphatic carbocycles. The van der Waals surface area contributed by atoms with Crippen LogP contribution in [0.25, 0.3) is 0 Å². The standard InChI is InChI=1S/C14H19N5OS2/c20-13(15-8-7-12-6-3-9-21-12)10-22-14-16-17-18-19(14)11-4-1-2-5-11/h3,6,9,11H,1-2,4-5,7-8,10H2,(H,15,20). The lowest BCUT2D eigenvalue weighted by molar-refractivity contribution is -0.118.